The van der Waals surface area contributed by atoms with Crippen molar-refractivity contribution in [3.05, 3.63) is 53.6 Å². The van der Waals surface area contributed by atoms with Crippen molar-refractivity contribution in [1.29, 1.82) is 0 Å². The van der Waals surface area contributed by atoms with E-state index < -0.39 is 0 Å². The van der Waals surface area contributed by atoms with Gasteiger partial charge in [0.25, 0.3) is 0 Å². The van der Waals surface area contributed by atoms with Crippen molar-refractivity contribution in [2.24, 2.45) is 0 Å². The first-order chi connectivity index (χ1) is 9.65. The predicted molar refractivity (Wildman–Crippen MR) is 78.7 cm³/mol. The standard InChI is InChI=1S/C14H12ClN5/c1-9-13(18-6-5-17-9)14-12(16)8-20(19-14)11-4-2-3-10(15)7-11/h2-8H,16H2,1H3. The van der Waals surface area contributed by atoms with Gasteiger partial charge in [-0.15, -0.1) is 0 Å². The average Bonchev–Trinajstić information content (AvgIpc) is 2.81. The number of anilines is 1. The number of halogens is 1. The SMILES string of the molecule is Cc1nccnc1-c1nn(-c2cccc(Cl)c2)cc1N. The molecule has 0 aliphatic carbocycles. The molecule has 3 rings (SSSR count). The highest BCUT2D eigenvalue weighted by atomic mass is 35.5. The summed E-state index contributed by atoms with van der Waals surface area (Å²) in [5, 5.41) is 5.13. The maximum absolute atomic E-state index is 6.03. The maximum Gasteiger partial charge on any atom is 0.136 e. The molecule has 2 aromatic heterocycles. The van der Waals surface area contributed by atoms with Gasteiger partial charge in [0.05, 0.1) is 23.3 Å². The average molecular weight is 286 g/mol. The van der Waals surface area contributed by atoms with E-state index in [1.165, 1.54) is 0 Å². The fourth-order valence-corrected chi connectivity index (χ4v) is 2.15. The Balaban J connectivity index is 2.10. The third-order valence-electron chi connectivity index (χ3n) is 2.92. The summed E-state index contributed by atoms with van der Waals surface area (Å²) in [5.74, 6) is 0. The smallest absolute Gasteiger partial charge is 0.136 e. The van der Waals surface area contributed by atoms with Crippen LogP contribution in [-0.4, -0.2) is 19.7 Å². The number of nitrogens with zero attached hydrogens (tertiary/aromatic N) is 4. The highest BCUT2D eigenvalue weighted by Gasteiger charge is 2.13. The molecule has 2 heterocycles. The molecular formula is C14H12ClN5. The van der Waals surface area contributed by atoms with Crippen LogP contribution in [0.25, 0.3) is 17.1 Å². The summed E-state index contributed by atoms with van der Waals surface area (Å²) in [4.78, 5) is 8.49. The van der Waals surface area contributed by atoms with Crippen molar-refractivity contribution in [3.63, 3.8) is 0 Å². The Bertz CT molecular complexity index is 766. The number of nitrogens with two attached hydrogens (primary N) is 1. The van der Waals surface area contributed by atoms with Gasteiger partial charge in [0.15, 0.2) is 0 Å². The van der Waals surface area contributed by atoms with Gasteiger partial charge >= 0.3 is 0 Å². The van der Waals surface area contributed by atoms with Crippen LogP contribution in [0.5, 0.6) is 0 Å². The molecule has 0 saturated heterocycles. The molecule has 0 fully saturated rings. The fraction of sp³-hybridized carbons (Fsp3) is 0.0714. The first kappa shape index (κ1) is 12.6. The lowest BCUT2D eigenvalue weighted by atomic mass is 10.2. The lowest BCUT2D eigenvalue weighted by Gasteiger charge is -2.02. The zero-order valence-electron chi connectivity index (χ0n) is 10.8. The third kappa shape index (κ3) is 2.23. The molecule has 100 valence electrons. The van der Waals surface area contributed by atoms with Crippen LogP contribution in [0.4, 0.5) is 5.69 Å². The maximum atomic E-state index is 6.03. The molecule has 0 amide bonds. The second kappa shape index (κ2) is 4.94. The molecular weight excluding hydrogens is 274 g/mol. The number of hydrogen-bond donors (Lipinski definition) is 1. The van der Waals surface area contributed by atoms with E-state index in [1.807, 2.05) is 31.2 Å². The van der Waals surface area contributed by atoms with E-state index in [0.29, 0.717) is 22.1 Å². The second-order valence-corrected chi connectivity index (χ2v) is 4.78. The Labute approximate surface area is 121 Å². The monoisotopic (exact) mass is 285 g/mol. The lowest BCUT2D eigenvalue weighted by Crippen LogP contribution is -1.97. The van der Waals surface area contributed by atoms with Crippen LogP contribution in [0.2, 0.25) is 5.02 Å². The Morgan fingerprint density at radius 1 is 1.15 bits per heavy atom. The Morgan fingerprint density at radius 2 is 1.95 bits per heavy atom. The zero-order valence-corrected chi connectivity index (χ0v) is 11.5. The number of aromatic nitrogens is 4. The van der Waals surface area contributed by atoms with Crippen LogP contribution in [-0.2, 0) is 0 Å². The van der Waals surface area contributed by atoms with Crippen LogP contribution in [0.3, 0.4) is 0 Å². The summed E-state index contributed by atoms with van der Waals surface area (Å²) < 4.78 is 1.69. The Morgan fingerprint density at radius 3 is 2.70 bits per heavy atom. The van der Waals surface area contributed by atoms with Gasteiger partial charge in [0, 0.05) is 17.4 Å². The molecule has 0 aliphatic heterocycles. The van der Waals surface area contributed by atoms with Crippen LogP contribution < -0.4 is 5.73 Å². The van der Waals surface area contributed by atoms with Crippen LogP contribution >= 0.6 is 11.6 Å². The molecule has 0 unspecified atom stereocenters. The molecule has 0 spiro atoms. The number of aryl methyl sites for hydroxylation is 1. The number of benzene rings is 1. The van der Waals surface area contributed by atoms with Crippen molar-refractivity contribution < 1.29 is 0 Å². The summed E-state index contributed by atoms with van der Waals surface area (Å²) in [6.45, 7) is 1.88. The van der Waals surface area contributed by atoms with E-state index in [2.05, 4.69) is 15.1 Å². The first-order valence-electron chi connectivity index (χ1n) is 6.04. The Kier molecular flexibility index (Phi) is 3.12. The molecule has 5 nitrogen and oxygen atoms in total. The zero-order chi connectivity index (χ0) is 14.1. The molecule has 1 aromatic carbocycles. The normalized spacial score (nSPS) is 10.7. The van der Waals surface area contributed by atoms with Gasteiger partial charge in [-0.2, -0.15) is 5.10 Å². The molecule has 2 N–H and O–H groups in total. The summed E-state index contributed by atoms with van der Waals surface area (Å²) in [6, 6.07) is 7.40. The van der Waals surface area contributed by atoms with E-state index in [1.54, 1.807) is 23.3 Å². The summed E-state index contributed by atoms with van der Waals surface area (Å²) in [7, 11) is 0. The van der Waals surface area contributed by atoms with Gasteiger partial charge < -0.3 is 5.73 Å². The summed E-state index contributed by atoms with van der Waals surface area (Å²) in [5.41, 5.74) is 9.52. The molecule has 3 aromatic rings. The highest BCUT2D eigenvalue weighted by Crippen LogP contribution is 2.25. The van der Waals surface area contributed by atoms with Crippen molar-refractivity contribution in [1.82, 2.24) is 19.7 Å². The van der Waals surface area contributed by atoms with Crippen LogP contribution in [0, 0.1) is 6.92 Å². The van der Waals surface area contributed by atoms with E-state index >= 15 is 0 Å². The van der Waals surface area contributed by atoms with Gasteiger partial charge in [-0.1, -0.05) is 17.7 Å². The summed E-state index contributed by atoms with van der Waals surface area (Å²) in [6.07, 6.45) is 5.01. The van der Waals surface area contributed by atoms with Crippen molar-refractivity contribution in [2.75, 3.05) is 5.73 Å². The number of rotatable bonds is 2. The first-order valence-corrected chi connectivity index (χ1v) is 6.42. The van der Waals surface area contributed by atoms with E-state index in [4.69, 9.17) is 17.3 Å². The summed E-state index contributed by atoms with van der Waals surface area (Å²) >= 11 is 5.99. The van der Waals surface area contributed by atoms with Gasteiger partial charge in [-0.05, 0) is 25.1 Å². The van der Waals surface area contributed by atoms with Crippen LogP contribution in [0.1, 0.15) is 5.69 Å². The van der Waals surface area contributed by atoms with Gasteiger partial charge in [0.1, 0.15) is 11.4 Å². The largest absolute Gasteiger partial charge is 0.396 e. The lowest BCUT2D eigenvalue weighted by molar-refractivity contribution is 0.880. The molecule has 6 heteroatoms. The Hall–Kier alpha value is -2.40. The number of hydrogen-bond acceptors (Lipinski definition) is 4. The molecule has 20 heavy (non-hydrogen) atoms. The van der Waals surface area contributed by atoms with Crippen molar-refractivity contribution >= 4 is 17.3 Å². The number of nitrogen functional groups attached to an aromatic ring is 1. The molecule has 0 atom stereocenters. The quantitative estimate of drug-likeness (QED) is 0.786. The molecule has 0 aliphatic rings. The molecule has 0 radical (unpaired) electrons. The van der Waals surface area contributed by atoms with Crippen molar-refractivity contribution in [2.45, 2.75) is 6.92 Å². The third-order valence-corrected chi connectivity index (χ3v) is 3.16. The minimum atomic E-state index is 0.550. The van der Waals surface area contributed by atoms with E-state index in [9.17, 15) is 0 Å². The second-order valence-electron chi connectivity index (χ2n) is 4.35. The van der Waals surface area contributed by atoms with E-state index in [0.717, 1.165) is 11.4 Å². The van der Waals surface area contributed by atoms with Crippen LogP contribution in [0.15, 0.2) is 42.9 Å². The van der Waals surface area contributed by atoms with Gasteiger partial charge in [0.2, 0.25) is 0 Å². The van der Waals surface area contributed by atoms with Gasteiger partial charge in [-0.25, -0.2) is 4.68 Å². The minimum absolute atomic E-state index is 0.550. The molecule has 0 saturated carbocycles. The van der Waals surface area contributed by atoms with Gasteiger partial charge in [-0.3, -0.25) is 9.97 Å². The van der Waals surface area contributed by atoms with E-state index in [-0.39, 0.29) is 0 Å². The highest BCUT2D eigenvalue weighted by molar-refractivity contribution is 6.30. The predicted octanol–water partition coefficient (Wildman–Crippen LogP) is 2.87. The topological polar surface area (TPSA) is 69.6 Å². The minimum Gasteiger partial charge on any atom is -0.396 e. The van der Waals surface area contributed by atoms with Crippen molar-refractivity contribution in [3.8, 4) is 17.1 Å². The fourth-order valence-electron chi connectivity index (χ4n) is 1.96. The molecule has 0 bridgehead atoms.